The molecule has 0 aliphatic heterocycles. The molecule has 0 amide bonds. The van der Waals surface area contributed by atoms with Crippen molar-refractivity contribution in [3.05, 3.63) is 40.2 Å². The van der Waals surface area contributed by atoms with Crippen molar-refractivity contribution in [2.75, 3.05) is 4.72 Å². The number of hydrogen-bond acceptors (Lipinski definition) is 4. The number of hydrogen-bond donors (Lipinski definition) is 2. The van der Waals surface area contributed by atoms with Crippen molar-refractivity contribution in [3.8, 4) is 5.75 Å². The summed E-state index contributed by atoms with van der Waals surface area (Å²) >= 11 is 6.97. The highest BCUT2D eigenvalue weighted by molar-refractivity contribution is 7.94. The summed E-state index contributed by atoms with van der Waals surface area (Å²) in [6.07, 6.45) is 2.06. The lowest BCUT2D eigenvalue weighted by atomic mass is 10.2. The minimum Gasteiger partial charge on any atom is -0.504 e. The molecule has 1 fully saturated rings. The molecule has 1 heterocycles. The van der Waals surface area contributed by atoms with Gasteiger partial charge in [-0.1, -0.05) is 17.7 Å². The third kappa shape index (κ3) is 2.51. The van der Waals surface area contributed by atoms with Crippen LogP contribution in [0.15, 0.2) is 33.9 Å². The van der Waals surface area contributed by atoms with E-state index in [1.807, 2.05) is 6.07 Å². The van der Waals surface area contributed by atoms with Gasteiger partial charge in [-0.3, -0.25) is 4.72 Å². The highest BCUT2D eigenvalue weighted by Crippen LogP contribution is 2.45. The van der Waals surface area contributed by atoms with Gasteiger partial charge in [0, 0.05) is 0 Å². The van der Waals surface area contributed by atoms with Crippen LogP contribution in [0.25, 0.3) is 0 Å². The van der Waals surface area contributed by atoms with E-state index in [9.17, 15) is 13.5 Å². The number of halogens is 1. The summed E-state index contributed by atoms with van der Waals surface area (Å²) in [7, 11) is -3.70. The van der Waals surface area contributed by atoms with Crippen LogP contribution >= 0.6 is 22.9 Å². The largest absolute Gasteiger partial charge is 0.504 e. The molecule has 1 aliphatic carbocycles. The second-order valence-corrected chi connectivity index (χ2v) is 7.88. The molecule has 4 nitrogen and oxygen atoms in total. The Kier molecular flexibility index (Phi) is 3.40. The Hall–Kier alpha value is -1.24. The van der Waals surface area contributed by atoms with Gasteiger partial charge in [-0.15, -0.1) is 11.3 Å². The van der Waals surface area contributed by atoms with Gasteiger partial charge in [-0.25, -0.2) is 8.42 Å². The number of para-hydroxylation sites is 1. The lowest BCUT2D eigenvalue weighted by molar-refractivity contribution is 0.478. The lowest BCUT2D eigenvalue weighted by Crippen LogP contribution is -2.13. The zero-order chi connectivity index (χ0) is 14.3. The average Bonchev–Trinajstić information content (AvgIpc) is 3.11. The second kappa shape index (κ2) is 4.95. The van der Waals surface area contributed by atoms with Crippen molar-refractivity contribution in [2.45, 2.75) is 23.0 Å². The maximum absolute atomic E-state index is 12.4. The minimum absolute atomic E-state index is 0.0904. The molecular formula is C13H12ClNO3S2. The minimum atomic E-state index is -3.70. The van der Waals surface area contributed by atoms with Gasteiger partial charge in [0.1, 0.15) is 4.21 Å². The van der Waals surface area contributed by atoms with Crippen LogP contribution in [0.3, 0.4) is 0 Å². The third-order valence-electron chi connectivity index (χ3n) is 3.15. The first-order chi connectivity index (χ1) is 9.49. The van der Waals surface area contributed by atoms with Crippen LogP contribution in [-0.2, 0) is 10.0 Å². The highest BCUT2D eigenvalue weighted by Gasteiger charge is 2.31. The van der Waals surface area contributed by atoms with Gasteiger partial charge in [0.15, 0.2) is 5.75 Å². The van der Waals surface area contributed by atoms with E-state index in [4.69, 9.17) is 11.6 Å². The van der Waals surface area contributed by atoms with Crippen LogP contribution in [0.4, 0.5) is 5.69 Å². The molecule has 1 aliphatic rings. The summed E-state index contributed by atoms with van der Waals surface area (Å²) in [5, 5.41) is 11.7. The topological polar surface area (TPSA) is 66.4 Å². The summed E-state index contributed by atoms with van der Waals surface area (Å²) in [4.78, 5) is 0. The number of aromatic hydroxyl groups is 1. The van der Waals surface area contributed by atoms with E-state index < -0.39 is 10.0 Å². The van der Waals surface area contributed by atoms with Crippen molar-refractivity contribution >= 4 is 38.6 Å². The Labute approximate surface area is 126 Å². The first kappa shape index (κ1) is 13.7. The van der Waals surface area contributed by atoms with E-state index in [-0.39, 0.29) is 16.5 Å². The van der Waals surface area contributed by atoms with Crippen LogP contribution in [0.5, 0.6) is 5.75 Å². The summed E-state index contributed by atoms with van der Waals surface area (Å²) in [6, 6.07) is 6.41. The van der Waals surface area contributed by atoms with Crippen LogP contribution in [0.1, 0.15) is 24.3 Å². The van der Waals surface area contributed by atoms with Gasteiger partial charge in [-0.05, 0) is 47.9 Å². The van der Waals surface area contributed by atoms with E-state index >= 15 is 0 Å². The van der Waals surface area contributed by atoms with Crippen molar-refractivity contribution in [1.82, 2.24) is 0 Å². The molecule has 2 N–H and O–H groups in total. The molecule has 106 valence electrons. The number of rotatable bonds is 4. The molecule has 0 spiro atoms. The van der Waals surface area contributed by atoms with Crippen LogP contribution in [0.2, 0.25) is 5.02 Å². The molecule has 20 heavy (non-hydrogen) atoms. The average molecular weight is 330 g/mol. The van der Waals surface area contributed by atoms with E-state index in [1.54, 1.807) is 11.4 Å². The summed E-state index contributed by atoms with van der Waals surface area (Å²) in [6.45, 7) is 0. The van der Waals surface area contributed by atoms with Gasteiger partial charge in [0.05, 0.1) is 10.7 Å². The monoisotopic (exact) mass is 329 g/mol. The molecular weight excluding hydrogens is 318 g/mol. The number of benzene rings is 1. The zero-order valence-corrected chi connectivity index (χ0v) is 12.7. The van der Waals surface area contributed by atoms with Crippen LogP contribution < -0.4 is 4.72 Å². The number of phenolic OH excluding ortho intramolecular Hbond substituents is 1. The molecule has 1 aromatic carbocycles. The summed E-state index contributed by atoms with van der Waals surface area (Å²) in [5.41, 5.74) is 0.955. The van der Waals surface area contributed by atoms with Crippen molar-refractivity contribution in [1.29, 1.82) is 0 Å². The molecule has 0 saturated heterocycles. The van der Waals surface area contributed by atoms with Crippen LogP contribution in [-0.4, -0.2) is 13.5 Å². The van der Waals surface area contributed by atoms with Crippen LogP contribution in [0, 0.1) is 0 Å². The molecule has 7 heteroatoms. The van der Waals surface area contributed by atoms with Gasteiger partial charge < -0.3 is 5.11 Å². The Morgan fingerprint density at radius 3 is 2.75 bits per heavy atom. The lowest BCUT2D eigenvalue weighted by Gasteiger charge is -2.10. The van der Waals surface area contributed by atoms with E-state index in [1.165, 1.54) is 23.5 Å². The smallest absolute Gasteiger partial charge is 0.271 e. The Morgan fingerprint density at radius 1 is 1.30 bits per heavy atom. The quantitative estimate of drug-likeness (QED) is 0.839. The molecule has 0 bridgehead atoms. The molecule has 1 aromatic heterocycles. The Morgan fingerprint density at radius 2 is 2.05 bits per heavy atom. The fourth-order valence-corrected chi connectivity index (χ4v) is 4.78. The molecule has 0 unspecified atom stereocenters. The van der Waals surface area contributed by atoms with Crippen molar-refractivity contribution in [2.24, 2.45) is 0 Å². The molecule has 0 radical (unpaired) electrons. The van der Waals surface area contributed by atoms with E-state index in [0.717, 1.165) is 18.4 Å². The highest BCUT2D eigenvalue weighted by atomic mass is 35.5. The number of anilines is 1. The summed E-state index contributed by atoms with van der Waals surface area (Å²) < 4.78 is 27.6. The fourth-order valence-electron chi connectivity index (χ4n) is 2.01. The molecule has 2 aromatic rings. The normalized spacial score (nSPS) is 15.2. The molecule has 0 atom stereocenters. The second-order valence-electron chi connectivity index (χ2n) is 4.68. The third-order valence-corrected chi connectivity index (χ3v) is 6.34. The van der Waals surface area contributed by atoms with Crippen molar-refractivity contribution < 1.29 is 13.5 Å². The van der Waals surface area contributed by atoms with Gasteiger partial charge >= 0.3 is 0 Å². The number of phenols is 1. The first-order valence-corrected chi connectivity index (χ1v) is 8.81. The van der Waals surface area contributed by atoms with E-state index in [0.29, 0.717) is 10.1 Å². The zero-order valence-electron chi connectivity index (χ0n) is 10.3. The van der Waals surface area contributed by atoms with Gasteiger partial charge in [-0.2, -0.15) is 0 Å². The molecule has 3 rings (SSSR count). The summed E-state index contributed by atoms with van der Waals surface area (Å²) in [5.74, 6) is 0.0862. The Bertz CT molecular complexity index is 751. The van der Waals surface area contributed by atoms with Crippen molar-refractivity contribution in [3.63, 3.8) is 0 Å². The predicted octanol–water partition coefficient (Wildman–Crippen LogP) is 3.79. The number of nitrogens with one attached hydrogen (secondary N) is 1. The fraction of sp³-hybridized carbons (Fsp3) is 0.231. The predicted molar refractivity (Wildman–Crippen MR) is 80.2 cm³/mol. The first-order valence-electron chi connectivity index (χ1n) is 6.07. The SMILES string of the molecule is O=S(=O)(Nc1cccc(Cl)c1O)c1sccc1C1CC1. The van der Waals surface area contributed by atoms with E-state index in [2.05, 4.69) is 4.72 Å². The van der Waals surface area contributed by atoms with Gasteiger partial charge in [0.25, 0.3) is 10.0 Å². The maximum atomic E-state index is 12.4. The standard InChI is InChI=1S/C13H12ClNO3S2/c14-10-2-1-3-11(12(10)16)15-20(17,18)13-9(6-7-19-13)8-4-5-8/h1-3,6-8,15-16H,4-5H2. The maximum Gasteiger partial charge on any atom is 0.271 e. The number of thiophene rings is 1. The van der Waals surface area contributed by atoms with Gasteiger partial charge in [0.2, 0.25) is 0 Å². The number of sulfonamides is 1. The Balaban J connectivity index is 1.96. The molecule has 1 saturated carbocycles.